The number of Topliss-reactive ketones (excluding diaryl/α,β-unsaturated/α-hetero) is 1. The highest BCUT2D eigenvalue weighted by atomic mass is 16.5. The van der Waals surface area contributed by atoms with Crippen LogP contribution in [0.2, 0.25) is 0 Å². The maximum Gasteiger partial charge on any atom is 0.336 e. The molecule has 1 atom stereocenters. The Kier molecular flexibility index (Phi) is 9.68. The minimum Gasteiger partial charge on any atom is -0.507 e. The van der Waals surface area contributed by atoms with Crippen LogP contribution < -0.4 is 5.63 Å². The second-order valence-corrected chi connectivity index (χ2v) is 9.69. The molecular weight excluding hydrogens is 432 g/mol. The van der Waals surface area contributed by atoms with Crippen LogP contribution in [0.1, 0.15) is 82.3 Å². The molecule has 0 aliphatic heterocycles. The smallest absolute Gasteiger partial charge is 0.336 e. The van der Waals surface area contributed by atoms with E-state index in [9.17, 15) is 19.8 Å². The molecule has 1 heterocycles. The Hall–Kier alpha value is -2.86. The maximum atomic E-state index is 13.1. The van der Waals surface area contributed by atoms with Gasteiger partial charge in [0.2, 0.25) is 0 Å². The van der Waals surface area contributed by atoms with E-state index in [2.05, 4.69) is 19.9 Å². The fourth-order valence-corrected chi connectivity index (χ4v) is 3.94. The maximum absolute atomic E-state index is 13.1. The third kappa shape index (κ3) is 6.83. The van der Waals surface area contributed by atoms with Crippen molar-refractivity contribution in [1.82, 2.24) is 0 Å². The van der Waals surface area contributed by atoms with E-state index in [0.29, 0.717) is 12.0 Å². The Bertz CT molecular complexity index is 1150. The van der Waals surface area contributed by atoms with Gasteiger partial charge >= 0.3 is 5.63 Å². The molecule has 0 saturated carbocycles. The van der Waals surface area contributed by atoms with Gasteiger partial charge in [0.05, 0.1) is 11.5 Å². The van der Waals surface area contributed by atoms with E-state index >= 15 is 0 Å². The summed E-state index contributed by atoms with van der Waals surface area (Å²) in [5.41, 5.74) is 2.37. The van der Waals surface area contributed by atoms with Crippen molar-refractivity contribution in [2.24, 2.45) is 5.92 Å². The van der Waals surface area contributed by atoms with E-state index in [-0.39, 0.29) is 64.2 Å². The zero-order valence-electron chi connectivity index (χ0n) is 21.4. The van der Waals surface area contributed by atoms with E-state index in [1.54, 1.807) is 7.11 Å². The highest BCUT2D eigenvalue weighted by Gasteiger charge is 2.27. The molecule has 6 nitrogen and oxygen atoms in total. The van der Waals surface area contributed by atoms with Crippen LogP contribution in [0, 0.1) is 5.92 Å². The van der Waals surface area contributed by atoms with Gasteiger partial charge in [-0.25, -0.2) is 4.79 Å². The van der Waals surface area contributed by atoms with Gasteiger partial charge in [0.25, 0.3) is 0 Å². The molecule has 34 heavy (non-hydrogen) atoms. The highest BCUT2D eigenvalue weighted by molar-refractivity contribution is 6.11. The molecule has 0 spiro atoms. The lowest BCUT2D eigenvalue weighted by molar-refractivity contribution is 0.0965. The van der Waals surface area contributed by atoms with Crippen LogP contribution in [0.5, 0.6) is 11.5 Å². The third-order valence-corrected chi connectivity index (χ3v) is 5.84. The Balaban J connectivity index is 2.72. The number of rotatable bonds is 11. The number of aromatic hydroxyl groups is 2. The second kappa shape index (κ2) is 12.0. The molecule has 6 heteroatoms. The highest BCUT2D eigenvalue weighted by Crippen LogP contribution is 2.42. The quantitative estimate of drug-likeness (QED) is 0.229. The molecule has 1 aromatic heterocycles. The fourth-order valence-electron chi connectivity index (χ4n) is 3.94. The third-order valence-electron chi connectivity index (χ3n) is 5.84. The molecule has 0 amide bonds. The second-order valence-electron chi connectivity index (χ2n) is 9.69. The molecule has 0 aliphatic rings. The molecule has 2 N–H and O–H groups in total. The van der Waals surface area contributed by atoms with Gasteiger partial charge in [-0.3, -0.25) is 4.79 Å². The largest absolute Gasteiger partial charge is 0.507 e. The lowest BCUT2D eigenvalue weighted by atomic mass is 9.91. The van der Waals surface area contributed by atoms with Crippen LogP contribution in [-0.4, -0.2) is 29.2 Å². The number of carbonyl (C=O) groups is 1. The Morgan fingerprint density at radius 2 is 1.79 bits per heavy atom. The molecule has 1 unspecified atom stereocenters. The van der Waals surface area contributed by atoms with Crippen molar-refractivity contribution in [3.8, 4) is 11.5 Å². The molecule has 186 valence electrons. The molecule has 0 saturated heterocycles. The molecule has 2 aromatic rings. The minimum absolute atomic E-state index is 0.0415. The van der Waals surface area contributed by atoms with Crippen molar-refractivity contribution in [2.45, 2.75) is 79.8 Å². The summed E-state index contributed by atoms with van der Waals surface area (Å²) in [6.07, 6.45) is 6.40. The summed E-state index contributed by atoms with van der Waals surface area (Å²) in [4.78, 5) is 25.5. The van der Waals surface area contributed by atoms with Gasteiger partial charge in [0.15, 0.2) is 11.4 Å². The number of fused-ring (bicyclic) bond motifs is 1. The lowest BCUT2D eigenvalue weighted by Gasteiger charge is -2.18. The van der Waals surface area contributed by atoms with Crippen LogP contribution >= 0.6 is 0 Å². The van der Waals surface area contributed by atoms with Crippen molar-refractivity contribution in [3.05, 3.63) is 56.5 Å². The van der Waals surface area contributed by atoms with Gasteiger partial charge in [-0.05, 0) is 64.9 Å². The lowest BCUT2D eigenvalue weighted by Crippen LogP contribution is -2.13. The average molecular weight is 471 g/mol. The molecule has 1 aromatic carbocycles. The van der Waals surface area contributed by atoms with Gasteiger partial charge in [-0.2, -0.15) is 0 Å². The monoisotopic (exact) mass is 470 g/mol. The molecule has 0 fully saturated rings. The van der Waals surface area contributed by atoms with Crippen LogP contribution in [-0.2, 0) is 17.6 Å². The van der Waals surface area contributed by atoms with Crippen molar-refractivity contribution in [1.29, 1.82) is 0 Å². The number of methoxy groups -OCH3 is 1. The zero-order valence-corrected chi connectivity index (χ0v) is 21.4. The SMILES string of the molecule is COC(C)Cc1cc(=O)oc2c(C(=O)CC(C)C)c(O)c(C/C=C(\C)CCC=C(C)C)c(O)c12. The molecule has 2 rings (SSSR count). The standard InChI is InChI=1S/C28H38O6/c1-16(2)9-8-10-18(5)11-12-21-26(31)24-20(14-19(6)33-7)15-23(30)34-28(24)25(27(21)32)22(29)13-17(3)4/h9,11,15,17,19,31-32H,8,10,12-14H2,1-7H3/b18-11+. The summed E-state index contributed by atoms with van der Waals surface area (Å²) in [7, 11) is 1.57. The number of ketones is 1. The molecule has 0 radical (unpaired) electrons. The predicted octanol–water partition coefficient (Wildman–Crippen LogP) is 6.25. The summed E-state index contributed by atoms with van der Waals surface area (Å²) >= 11 is 0. The minimum atomic E-state index is -0.647. The summed E-state index contributed by atoms with van der Waals surface area (Å²) in [5.74, 6) is -0.795. The first-order chi connectivity index (χ1) is 16.0. The summed E-state index contributed by atoms with van der Waals surface area (Å²) < 4.78 is 10.8. The topological polar surface area (TPSA) is 97.0 Å². The number of carbonyl (C=O) groups excluding carboxylic acids is 1. The molecule has 0 bridgehead atoms. The first-order valence-electron chi connectivity index (χ1n) is 11.8. The Morgan fingerprint density at radius 3 is 2.38 bits per heavy atom. The van der Waals surface area contributed by atoms with E-state index in [1.165, 1.54) is 11.6 Å². The van der Waals surface area contributed by atoms with Gasteiger partial charge in [-0.1, -0.05) is 37.1 Å². The van der Waals surface area contributed by atoms with Gasteiger partial charge in [0.1, 0.15) is 17.1 Å². The van der Waals surface area contributed by atoms with Crippen molar-refractivity contribution >= 4 is 16.8 Å². The number of hydrogen-bond acceptors (Lipinski definition) is 6. The first-order valence-corrected chi connectivity index (χ1v) is 11.8. The van der Waals surface area contributed by atoms with E-state index in [4.69, 9.17) is 9.15 Å². The van der Waals surface area contributed by atoms with E-state index < -0.39 is 5.63 Å². The van der Waals surface area contributed by atoms with Gasteiger partial charge in [0, 0.05) is 25.2 Å². The zero-order chi connectivity index (χ0) is 25.6. The van der Waals surface area contributed by atoms with Crippen LogP contribution in [0.25, 0.3) is 11.0 Å². The number of hydrogen-bond donors (Lipinski definition) is 2. The molecule has 0 aliphatic carbocycles. The number of ether oxygens (including phenoxy) is 1. The normalized spacial score (nSPS) is 12.9. The average Bonchev–Trinajstić information content (AvgIpc) is 2.72. The Morgan fingerprint density at radius 1 is 1.12 bits per heavy atom. The van der Waals surface area contributed by atoms with Crippen molar-refractivity contribution in [3.63, 3.8) is 0 Å². The Labute approximate surface area is 201 Å². The number of phenols is 2. The van der Waals surface area contributed by atoms with Crippen molar-refractivity contribution < 1.29 is 24.2 Å². The van der Waals surface area contributed by atoms with Gasteiger partial charge < -0.3 is 19.4 Å². The van der Waals surface area contributed by atoms with Crippen LogP contribution in [0.3, 0.4) is 0 Å². The number of allylic oxidation sites excluding steroid dienone is 4. The molecular formula is C28H38O6. The van der Waals surface area contributed by atoms with Gasteiger partial charge in [-0.15, -0.1) is 0 Å². The summed E-state index contributed by atoms with van der Waals surface area (Å²) in [5, 5.41) is 22.6. The van der Waals surface area contributed by atoms with Crippen LogP contribution in [0.15, 0.2) is 38.6 Å². The van der Waals surface area contributed by atoms with E-state index in [1.807, 2.05) is 33.8 Å². The number of benzene rings is 1. The van der Waals surface area contributed by atoms with Crippen molar-refractivity contribution in [2.75, 3.05) is 7.11 Å². The predicted molar refractivity (Wildman–Crippen MR) is 136 cm³/mol. The number of phenolic OH excluding ortho intramolecular Hbond substituents is 2. The summed E-state index contributed by atoms with van der Waals surface area (Å²) in [6, 6.07) is 1.32. The van der Waals surface area contributed by atoms with E-state index in [0.717, 1.165) is 18.4 Å². The van der Waals surface area contributed by atoms with Crippen LogP contribution in [0.4, 0.5) is 0 Å². The fraction of sp³-hybridized carbons (Fsp3) is 0.500. The summed E-state index contributed by atoms with van der Waals surface area (Å²) in [6.45, 7) is 11.8. The first kappa shape index (κ1) is 27.4.